The van der Waals surface area contributed by atoms with Crippen LogP contribution in [0.4, 0.5) is 5.82 Å². The summed E-state index contributed by atoms with van der Waals surface area (Å²) in [5.74, 6) is 1.53. The van der Waals surface area contributed by atoms with Gasteiger partial charge in [0.2, 0.25) is 0 Å². The van der Waals surface area contributed by atoms with Gasteiger partial charge in [-0.3, -0.25) is 4.79 Å². The summed E-state index contributed by atoms with van der Waals surface area (Å²) in [5, 5.41) is 0. The predicted molar refractivity (Wildman–Crippen MR) is 74.1 cm³/mol. The fourth-order valence-corrected chi connectivity index (χ4v) is 2.89. The number of aromatic amines is 1. The van der Waals surface area contributed by atoms with E-state index in [1.807, 2.05) is 6.92 Å². The first-order valence-corrected chi connectivity index (χ1v) is 6.91. The number of aryl methyl sites for hydroxylation is 1. The Kier molecular flexibility index (Phi) is 3.73. The molecule has 2 heterocycles. The maximum Gasteiger partial charge on any atom is 0.252 e. The number of hydrogen-bond donors (Lipinski definition) is 1. The molecule has 1 aromatic rings. The van der Waals surface area contributed by atoms with Gasteiger partial charge in [-0.05, 0) is 25.2 Å². The van der Waals surface area contributed by atoms with Crippen LogP contribution in [0.1, 0.15) is 45.4 Å². The van der Waals surface area contributed by atoms with Crippen molar-refractivity contribution in [2.45, 2.75) is 46.5 Å². The van der Waals surface area contributed by atoms with E-state index in [0.717, 1.165) is 18.9 Å². The minimum Gasteiger partial charge on any atom is -0.356 e. The van der Waals surface area contributed by atoms with Gasteiger partial charge in [0, 0.05) is 19.2 Å². The number of hydrogen-bond acceptors (Lipinski definition) is 3. The highest BCUT2D eigenvalue weighted by molar-refractivity contribution is 5.38. The molecule has 4 heteroatoms. The van der Waals surface area contributed by atoms with Crippen LogP contribution in [0.15, 0.2) is 10.9 Å². The summed E-state index contributed by atoms with van der Waals surface area (Å²) in [4.78, 5) is 20.8. The van der Waals surface area contributed by atoms with Crippen LogP contribution in [0.2, 0.25) is 0 Å². The van der Waals surface area contributed by atoms with Crippen molar-refractivity contribution >= 4 is 5.82 Å². The molecule has 0 atom stereocenters. The summed E-state index contributed by atoms with van der Waals surface area (Å²) < 4.78 is 0. The Morgan fingerprint density at radius 2 is 1.94 bits per heavy atom. The zero-order valence-corrected chi connectivity index (χ0v) is 11.6. The molecule has 0 unspecified atom stereocenters. The normalized spacial score (nSPS) is 18.9. The maximum atomic E-state index is 11.5. The van der Waals surface area contributed by atoms with Crippen molar-refractivity contribution in [3.8, 4) is 0 Å². The first kappa shape index (κ1) is 13.1. The van der Waals surface area contributed by atoms with Crippen molar-refractivity contribution in [2.24, 2.45) is 5.41 Å². The van der Waals surface area contributed by atoms with Gasteiger partial charge in [-0.25, -0.2) is 4.98 Å². The van der Waals surface area contributed by atoms with Crippen molar-refractivity contribution in [1.29, 1.82) is 0 Å². The van der Waals surface area contributed by atoms with E-state index in [2.05, 4.69) is 28.7 Å². The molecule has 1 fully saturated rings. The summed E-state index contributed by atoms with van der Waals surface area (Å²) in [6, 6.07) is 1.61. The van der Waals surface area contributed by atoms with Crippen LogP contribution in [-0.4, -0.2) is 23.1 Å². The fourth-order valence-electron chi connectivity index (χ4n) is 2.89. The van der Waals surface area contributed by atoms with E-state index in [1.165, 1.54) is 25.7 Å². The number of H-pyrrole nitrogens is 1. The number of anilines is 1. The Bertz CT molecular complexity index is 452. The van der Waals surface area contributed by atoms with Crippen molar-refractivity contribution in [2.75, 3.05) is 18.0 Å². The predicted octanol–water partition coefficient (Wildman–Crippen LogP) is 2.48. The third kappa shape index (κ3) is 2.57. The topological polar surface area (TPSA) is 49.0 Å². The first-order valence-electron chi connectivity index (χ1n) is 6.91. The summed E-state index contributed by atoms with van der Waals surface area (Å²) in [6.07, 6.45) is 4.90. The molecule has 0 saturated carbocycles. The van der Waals surface area contributed by atoms with Gasteiger partial charge in [-0.2, -0.15) is 0 Å². The van der Waals surface area contributed by atoms with Crippen LogP contribution in [-0.2, 0) is 0 Å². The molecule has 1 saturated heterocycles. The SMILES string of the molecule is CCC1(CC)CCN(c2cc(=O)[nH]c(C)n2)CC1. The maximum absolute atomic E-state index is 11.5. The van der Waals surface area contributed by atoms with E-state index in [9.17, 15) is 4.79 Å². The molecule has 0 aromatic carbocycles. The van der Waals surface area contributed by atoms with Gasteiger partial charge in [0.25, 0.3) is 5.56 Å². The Labute approximate surface area is 108 Å². The molecule has 0 aliphatic carbocycles. The molecule has 0 bridgehead atoms. The Morgan fingerprint density at radius 1 is 1.33 bits per heavy atom. The van der Waals surface area contributed by atoms with E-state index >= 15 is 0 Å². The largest absolute Gasteiger partial charge is 0.356 e. The van der Waals surface area contributed by atoms with Crippen molar-refractivity contribution in [3.63, 3.8) is 0 Å². The molecular formula is C14H23N3O. The molecule has 0 amide bonds. The fraction of sp³-hybridized carbons (Fsp3) is 0.714. The second kappa shape index (κ2) is 5.12. The lowest BCUT2D eigenvalue weighted by molar-refractivity contribution is 0.199. The molecule has 0 spiro atoms. The van der Waals surface area contributed by atoms with E-state index in [-0.39, 0.29) is 5.56 Å². The average Bonchev–Trinajstić information content (AvgIpc) is 2.38. The zero-order chi connectivity index (χ0) is 13.2. The highest BCUT2D eigenvalue weighted by Gasteiger charge is 2.31. The highest BCUT2D eigenvalue weighted by Crippen LogP contribution is 2.38. The van der Waals surface area contributed by atoms with Crippen molar-refractivity contribution in [1.82, 2.24) is 9.97 Å². The minimum atomic E-state index is -0.0553. The van der Waals surface area contributed by atoms with Gasteiger partial charge >= 0.3 is 0 Å². The number of aromatic nitrogens is 2. The van der Waals surface area contributed by atoms with Gasteiger partial charge in [-0.1, -0.05) is 26.7 Å². The smallest absolute Gasteiger partial charge is 0.252 e. The van der Waals surface area contributed by atoms with E-state index in [4.69, 9.17) is 0 Å². The number of rotatable bonds is 3. The molecule has 1 aliphatic rings. The number of nitrogens with one attached hydrogen (secondary N) is 1. The first-order chi connectivity index (χ1) is 8.58. The van der Waals surface area contributed by atoms with Gasteiger partial charge in [-0.15, -0.1) is 0 Å². The average molecular weight is 249 g/mol. The van der Waals surface area contributed by atoms with Crippen LogP contribution in [0, 0.1) is 12.3 Å². The van der Waals surface area contributed by atoms with Crippen molar-refractivity contribution in [3.05, 3.63) is 22.2 Å². The van der Waals surface area contributed by atoms with E-state index < -0.39 is 0 Å². The summed E-state index contributed by atoms with van der Waals surface area (Å²) in [5.41, 5.74) is 0.451. The second-order valence-electron chi connectivity index (χ2n) is 5.38. The number of nitrogens with zero attached hydrogens (tertiary/aromatic N) is 2. The zero-order valence-electron chi connectivity index (χ0n) is 11.6. The lowest BCUT2D eigenvalue weighted by atomic mass is 9.74. The second-order valence-corrected chi connectivity index (χ2v) is 5.38. The van der Waals surface area contributed by atoms with E-state index in [1.54, 1.807) is 6.07 Å². The van der Waals surface area contributed by atoms with Gasteiger partial charge in [0.15, 0.2) is 0 Å². The summed E-state index contributed by atoms with van der Waals surface area (Å²) >= 11 is 0. The quantitative estimate of drug-likeness (QED) is 0.895. The van der Waals surface area contributed by atoms with Gasteiger partial charge < -0.3 is 9.88 Å². The Morgan fingerprint density at radius 3 is 2.44 bits per heavy atom. The van der Waals surface area contributed by atoms with Crippen LogP contribution in [0.25, 0.3) is 0 Å². The lowest BCUT2D eigenvalue weighted by Crippen LogP contribution is -2.40. The molecule has 100 valence electrons. The Balaban J connectivity index is 2.12. The molecule has 1 aliphatic heterocycles. The lowest BCUT2D eigenvalue weighted by Gasteiger charge is -2.41. The minimum absolute atomic E-state index is 0.0553. The van der Waals surface area contributed by atoms with Crippen LogP contribution in [0.3, 0.4) is 0 Å². The third-order valence-corrected chi connectivity index (χ3v) is 4.49. The molecule has 1 aromatic heterocycles. The molecule has 1 N–H and O–H groups in total. The highest BCUT2D eigenvalue weighted by atomic mass is 16.1. The standard InChI is InChI=1S/C14H23N3O/c1-4-14(5-2)6-8-17(9-7-14)12-10-13(18)16-11(3)15-12/h10H,4-9H2,1-3H3,(H,15,16,18). The van der Waals surface area contributed by atoms with Gasteiger partial charge in [0.1, 0.15) is 11.6 Å². The number of piperidine rings is 1. The van der Waals surface area contributed by atoms with Crippen molar-refractivity contribution < 1.29 is 0 Å². The third-order valence-electron chi connectivity index (χ3n) is 4.49. The monoisotopic (exact) mass is 249 g/mol. The Hall–Kier alpha value is -1.32. The van der Waals surface area contributed by atoms with E-state index in [0.29, 0.717) is 11.2 Å². The molecule has 0 radical (unpaired) electrons. The summed E-state index contributed by atoms with van der Waals surface area (Å²) in [7, 11) is 0. The van der Waals surface area contributed by atoms with Crippen LogP contribution in [0.5, 0.6) is 0 Å². The molecule has 18 heavy (non-hydrogen) atoms. The van der Waals surface area contributed by atoms with Crippen LogP contribution < -0.4 is 10.5 Å². The molecular weight excluding hydrogens is 226 g/mol. The molecule has 4 nitrogen and oxygen atoms in total. The van der Waals surface area contributed by atoms with Crippen LogP contribution >= 0.6 is 0 Å². The molecule has 2 rings (SSSR count). The summed E-state index contributed by atoms with van der Waals surface area (Å²) in [6.45, 7) is 8.43. The van der Waals surface area contributed by atoms with Gasteiger partial charge in [0.05, 0.1) is 0 Å².